The molecule has 19 heavy (non-hydrogen) atoms. The second-order valence-corrected chi connectivity index (χ2v) is 5.55. The van der Waals surface area contributed by atoms with Gasteiger partial charge in [-0.05, 0) is 31.8 Å². The van der Waals surface area contributed by atoms with Crippen LogP contribution in [0, 0.1) is 23.2 Å². The molecule has 0 bridgehead atoms. The minimum Gasteiger partial charge on any atom is -0.314 e. The summed E-state index contributed by atoms with van der Waals surface area (Å²) < 4.78 is 37.7. The molecule has 1 saturated heterocycles. The van der Waals surface area contributed by atoms with Crippen LogP contribution in [-0.4, -0.2) is 43.3 Å². The highest BCUT2D eigenvalue weighted by Crippen LogP contribution is 2.27. The Hall–Kier alpha value is -0.800. The molecule has 0 aromatic heterocycles. The summed E-state index contributed by atoms with van der Waals surface area (Å²) in [7, 11) is 0. The van der Waals surface area contributed by atoms with E-state index in [1.165, 1.54) is 6.07 Å². The third-order valence-corrected chi connectivity index (χ3v) is 3.41. The van der Waals surface area contributed by atoms with Gasteiger partial charge in [0, 0.05) is 19.1 Å². The van der Waals surface area contributed by atoms with Crippen molar-refractivity contribution < 1.29 is 13.2 Å². The van der Waals surface area contributed by atoms with Crippen molar-refractivity contribution in [2.75, 3.05) is 26.2 Å². The average Bonchev–Trinajstić information content (AvgIpc) is 2.32. The van der Waals surface area contributed by atoms with Gasteiger partial charge in [0.2, 0.25) is 0 Å². The van der Waals surface area contributed by atoms with Gasteiger partial charge < -0.3 is 10.2 Å². The van der Waals surface area contributed by atoms with Crippen molar-refractivity contribution in [1.29, 1.82) is 5.26 Å². The molecule has 1 rings (SSSR count). The minimum absolute atomic E-state index is 0.196. The first-order chi connectivity index (χ1) is 8.82. The summed E-state index contributed by atoms with van der Waals surface area (Å²) in [5.74, 6) is -1.49. The molecule has 3 nitrogen and oxygen atoms in total. The zero-order valence-electron chi connectivity index (χ0n) is 11.5. The van der Waals surface area contributed by atoms with Crippen LogP contribution in [0.15, 0.2) is 0 Å². The molecule has 6 heteroatoms. The number of likely N-dealkylation sites (tertiary alicyclic amines) is 1. The normalized spacial score (nSPS) is 23.3. The van der Waals surface area contributed by atoms with Gasteiger partial charge in [0.1, 0.15) is 0 Å². The quantitative estimate of drug-likeness (QED) is 0.838. The van der Waals surface area contributed by atoms with Crippen molar-refractivity contribution >= 4 is 0 Å². The average molecular weight is 277 g/mol. The summed E-state index contributed by atoms with van der Waals surface area (Å²) in [6.45, 7) is 6.04. The van der Waals surface area contributed by atoms with Crippen molar-refractivity contribution in [3.05, 3.63) is 0 Å². The molecule has 0 saturated carbocycles. The molecule has 2 unspecified atom stereocenters. The topological polar surface area (TPSA) is 39.1 Å². The van der Waals surface area contributed by atoms with Gasteiger partial charge in [0.15, 0.2) is 5.92 Å². The number of hydrogen-bond donors (Lipinski definition) is 1. The molecular formula is C13H22F3N3. The summed E-state index contributed by atoms with van der Waals surface area (Å²) in [6.07, 6.45) is -2.47. The first-order valence-electron chi connectivity index (χ1n) is 6.75. The van der Waals surface area contributed by atoms with Crippen molar-refractivity contribution in [3.8, 4) is 6.07 Å². The van der Waals surface area contributed by atoms with E-state index >= 15 is 0 Å². The minimum atomic E-state index is -4.42. The summed E-state index contributed by atoms with van der Waals surface area (Å²) in [5.41, 5.74) is 0. The molecule has 2 atom stereocenters. The van der Waals surface area contributed by atoms with Gasteiger partial charge in [0.25, 0.3) is 0 Å². The van der Waals surface area contributed by atoms with Crippen LogP contribution >= 0.6 is 0 Å². The van der Waals surface area contributed by atoms with E-state index < -0.39 is 12.1 Å². The zero-order chi connectivity index (χ0) is 14.5. The highest BCUT2D eigenvalue weighted by molar-refractivity contribution is 4.91. The van der Waals surface area contributed by atoms with Crippen molar-refractivity contribution in [3.63, 3.8) is 0 Å². The van der Waals surface area contributed by atoms with E-state index in [9.17, 15) is 13.2 Å². The summed E-state index contributed by atoms with van der Waals surface area (Å²) >= 11 is 0. The predicted octanol–water partition coefficient (Wildman–Crippen LogP) is 2.40. The van der Waals surface area contributed by atoms with Gasteiger partial charge in [-0.1, -0.05) is 13.8 Å². The predicted molar refractivity (Wildman–Crippen MR) is 67.5 cm³/mol. The second-order valence-electron chi connectivity index (χ2n) is 5.55. The maximum Gasteiger partial charge on any atom is 0.405 e. The SMILES string of the molecule is CC(C)NCC1CCCN(CC(C#N)C(F)(F)F)C1. The summed E-state index contributed by atoms with van der Waals surface area (Å²) in [4.78, 5) is 1.78. The Morgan fingerprint density at radius 1 is 1.42 bits per heavy atom. The Bertz CT molecular complexity index is 309. The molecule has 0 aliphatic carbocycles. The Morgan fingerprint density at radius 2 is 2.11 bits per heavy atom. The van der Waals surface area contributed by atoms with E-state index in [0.717, 1.165) is 19.4 Å². The molecule has 1 fully saturated rings. The van der Waals surface area contributed by atoms with Crippen LogP contribution in [0.1, 0.15) is 26.7 Å². The molecule has 0 aromatic rings. The van der Waals surface area contributed by atoms with E-state index in [1.54, 1.807) is 4.90 Å². The number of nitriles is 1. The van der Waals surface area contributed by atoms with Crippen LogP contribution in [0.2, 0.25) is 0 Å². The fraction of sp³-hybridized carbons (Fsp3) is 0.923. The molecule has 0 amide bonds. The number of halogens is 3. The smallest absolute Gasteiger partial charge is 0.314 e. The molecular weight excluding hydrogens is 255 g/mol. The van der Waals surface area contributed by atoms with Gasteiger partial charge in [-0.3, -0.25) is 0 Å². The van der Waals surface area contributed by atoms with Crippen LogP contribution in [-0.2, 0) is 0 Å². The highest BCUT2D eigenvalue weighted by atomic mass is 19.4. The van der Waals surface area contributed by atoms with Crippen LogP contribution in [0.5, 0.6) is 0 Å². The number of nitrogens with one attached hydrogen (secondary N) is 1. The second kappa shape index (κ2) is 7.11. The lowest BCUT2D eigenvalue weighted by atomic mass is 9.96. The van der Waals surface area contributed by atoms with Gasteiger partial charge in [-0.15, -0.1) is 0 Å². The number of piperidine rings is 1. The molecule has 0 aromatic carbocycles. The van der Waals surface area contributed by atoms with E-state index in [2.05, 4.69) is 19.2 Å². The van der Waals surface area contributed by atoms with E-state index in [0.29, 0.717) is 25.0 Å². The standard InChI is InChI=1S/C13H22F3N3/c1-10(2)18-7-11-4-3-5-19(8-11)9-12(6-17)13(14,15)16/h10-12,18H,3-5,7-9H2,1-2H3. The maximum atomic E-state index is 12.6. The van der Waals surface area contributed by atoms with Gasteiger partial charge in [0.05, 0.1) is 6.07 Å². The molecule has 1 N–H and O–H groups in total. The van der Waals surface area contributed by atoms with Gasteiger partial charge in [-0.2, -0.15) is 18.4 Å². The lowest BCUT2D eigenvalue weighted by Gasteiger charge is -2.34. The fourth-order valence-electron chi connectivity index (χ4n) is 2.36. The number of hydrogen-bond acceptors (Lipinski definition) is 3. The van der Waals surface area contributed by atoms with Gasteiger partial charge >= 0.3 is 6.18 Å². The zero-order valence-corrected chi connectivity index (χ0v) is 11.5. The molecule has 110 valence electrons. The third kappa shape index (κ3) is 5.79. The van der Waals surface area contributed by atoms with Crippen LogP contribution in [0.25, 0.3) is 0 Å². The molecule has 0 spiro atoms. The van der Waals surface area contributed by atoms with Crippen molar-refractivity contribution in [2.24, 2.45) is 11.8 Å². The monoisotopic (exact) mass is 277 g/mol. The van der Waals surface area contributed by atoms with Crippen LogP contribution < -0.4 is 5.32 Å². The first-order valence-corrected chi connectivity index (χ1v) is 6.75. The van der Waals surface area contributed by atoms with Gasteiger partial charge in [-0.25, -0.2) is 0 Å². The maximum absolute atomic E-state index is 12.6. The molecule has 1 heterocycles. The number of nitrogens with zero attached hydrogens (tertiary/aromatic N) is 2. The molecule has 0 radical (unpaired) electrons. The van der Waals surface area contributed by atoms with Crippen molar-refractivity contribution in [2.45, 2.75) is 38.9 Å². The van der Waals surface area contributed by atoms with Crippen LogP contribution in [0.4, 0.5) is 13.2 Å². The van der Waals surface area contributed by atoms with E-state index in [4.69, 9.17) is 5.26 Å². The third-order valence-electron chi connectivity index (χ3n) is 3.41. The molecule has 1 aliphatic heterocycles. The van der Waals surface area contributed by atoms with Crippen LogP contribution in [0.3, 0.4) is 0 Å². The number of alkyl halides is 3. The Labute approximate surface area is 112 Å². The van der Waals surface area contributed by atoms with E-state index in [-0.39, 0.29) is 6.54 Å². The van der Waals surface area contributed by atoms with Crippen molar-refractivity contribution in [1.82, 2.24) is 10.2 Å². The Balaban J connectivity index is 2.44. The summed E-state index contributed by atoms with van der Waals surface area (Å²) in [5, 5.41) is 11.9. The molecule has 1 aliphatic rings. The fourth-order valence-corrected chi connectivity index (χ4v) is 2.36. The Morgan fingerprint density at radius 3 is 2.63 bits per heavy atom. The highest BCUT2D eigenvalue weighted by Gasteiger charge is 2.41. The van der Waals surface area contributed by atoms with E-state index in [1.807, 2.05) is 0 Å². The lowest BCUT2D eigenvalue weighted by Crippen LogP contribution is -2.44. The largest absolute Gasteiger partial charge is 0.405 e. The first kappa shape index (κ1) is 16.3. The summed E-state index contributed by atoms with van der Waals surface area (Å²) in [6, 6.07) is 1.76. The Kier molecular flexibility index (Phi) is 6.08. The number of rotatable bonds is 5. The lowest BCUT2D eigenvalue weighted by molar-refractivity contribution is -0.164.